The fraction of sp³-hybridized carbons (Fsp3) is 0.533. The second-order valence-corrected chi connectivity index (χ2v) is 5.62. The highest BCUT2D eigenvalue weighted by Crippen LogP contribution is 2.20. The van der Waals surface area contributed by atoms with Crippen molar-refractivity contribution < 1.29 is 0 Å². The Kier molecular flexibility index (Phi) is 5.03. The van der Waals surface area contributed by atoms with E-state index in [-0.39, 0.29) is 0 Å². The van der Waals surface area contributed by atoms with E-state index in [9.17, 15) is 0 Å². The normalized spacial score (nSPS) is 10.9. The van der Waals surface area contributed by atoms with Gasteiger partial charge in [-0.2, -0.15) is 5.26 Å². The van der Waals surface area contributed by atoms with Crippen molar-refractivity contribution in [3.63, 3.8) is 0 Å². The van der Waals surface area contributed by atoms with Crippen LogP contribution in [0.3, 0.4) is 0 Å². The number of hydrogen-bond acceptors (Lipinski definition) is 2. The lowest BCUT2D eigenvalue weighted by Gasteiger charge is -2.18. The number of rotatable bonds is 5. The predicted molar refractivity (Wildman–Crippen MR) is 72.9 cm³/mol. The minimum atomic E-state index is 0.415. The summed E-state index contributed by atoms with van der Waals surface area (Å²) in [5.41, 5.74) is 2.63. The Bertz CT molecular complexity index is 365. The number of nitrogens with one attached hydrogen (secondary N) is 1. The minimum absolute atomic E-state index is 0.415. The van der Waals surface area contributed by atoms with Crippen LogP contribution in [0.2, 0.25) is 0 Å². The molecular formula is C15H22N2. The van der Waals surface area contributed by atoms with E-state index >= 15 is 0 Å². The molecule has 0 aliphatic carbocycles. The lowest BCUT2D eigenvalue weighted by molar-refractivity contribution is 0.370. The molecule has 0 saturated carbocycles. The molecule has 0 unspecified atom stereocenters. The molecule has 1 N–H and O–H groups in total. The lowest BCUT2D eigenvalue weighted by atomic mass is 9.91. The van der Waals surface area contributed by atoms with Crippen molar-refractivity contribution in [2.45, 2.75) is 40.0 Å². The van der Waals surface area contributed by atoms with Gasteiger partial charge in [-0.3, -0.25) is 0 Å². The van der Waals surface area contributed by atoms with Gasteiger partial charge in [0.2, 0.25) is 0 Å². The van der Waals surface area contributed by atoms with Crippen LogP contribution in [0.4, 0.5) is 5.69 Å². The van der Waals surface area contributed by atoms with E-state index in [1.807, 2.05) is 24.3 Å². The van der Waals surface area contributed by atoms with Crippen molar-refractivity contribution >= 4 is 5.69 Å². The van der Waals surface area contributed by atoms with Crippen LogP contribution < -0.4 is 5.32 Å². The first-order valence-electron chi connectivity index (χ1n) is 6.21. The van der Waals surface area contributed by atoms with Gasteiger partial charge in [-0.05, 0) is 36.0 Å². The summed E-state index contributed by atoms with van der Waals surface area (Å²) in [5, 5.41) is 12.0. The van der Waals surface area contributed by atoms with Crippen LogP contribution >= 0.6 is 0 Å². The second kappa shape index (κ2) is 6.30. The van der Waals surface area contributed by atoms with Crippen LogP contribution in [0.1, 0.15) is 39.2 Å². The molecule has 0 fully saturated rings. The third-order valence-corrected chi connectivity index (χ3v) is 2.67. The molecule has 0 bridgehead atoms. The maximum absolute atomic E-state index is 8.57. The van der Waals surface area contributed by atoms with E-state index in [1.54, 1.807) is 0 Å². The van der Waals surface area contributed by atoms with Gasteiger partial charge in [0, 0.05) is 12.2 Å². The lowest BCUT2D eigenvalue weighted by Crippen LogP contribution is -2.09. The molecule has 17 heavy (non-hydrogen) atoms. The average Bonchev–Trinajstić information content (AvgIpc) is 2.26. The molecule has 2 nitrogen and oxygen atoms in total. The first kappa shape index (κ1) is 13.6. The molecule has 1 aromatic carbocycles. The Morgan fingerprint density at radius 1 is 1.18 bits per heavy atom. The summed E-state index contributed by atoms with van der Waals surface area (Å²) in [4.78, 5) is 0. The number of benzene rings is 1. The Morgan fingerprint density at radius 3 is 2.35 bits per heavy atom. The fourth-order valence-corrected chi connectivity index (χ4v) is 1.68. The summed E-state index contributed by atoms with van der Waals surface area (Å²) in [6.07, 6.45) is 2.90. The van der Waals surface area contributed by atoms with Crippen LogP contribution in [0, 0.1) is 16.7 Å². The zero-order valence-electron chi connectivity index (χ0n) is 11.1. The van der Waals surface area contributed by atoms with E-state index in [0.29, 0.717) is 11.8 Å². The molecule has 0 spiro atoms. The molecule has 0 amide bonds. The van der Waals surface area contributed by atoms with E-state index in [4.69, 9.17) is 5.26 Å². The third kappa shape index (κ3) is 5.97. The maximum atomic E-state index is 8.57. The smallest absolute Gasteiger partial charge is 0.0669 e. The van der Waals surface area contributed by atoms with Crippen LogP contribution in [-0.4, -0.2) is 6.54 Å². The highest BCUT2D eigenvalue weighted by molar-refractivity contribution is 5.44. The summed E-state index contributed by atoms with van der Waals surface area (Å²) in [6, 6.07) is 10.3. The van der Waals surface area contributed by atoms with Crippen molar-refractivity contribution in [1.82, 2.24) is 0 Å². The first-order valence-corrected chi connectivity index (χ1v) is 6.21. The average molecular weight is 230 g/mol. The van der Waals surface area contributed by atoms with Crippen molar-refractivity contribution in [3.8, 4) is 6.07 Å². The molecule has 0 saturated heterocycles. The monoisotopic (exact) mass is 230 g/mol. The zero-order valence-corrected chi connectivity index (χ0v) is 11.1. The number of nitrogens with zero attached hydrogens (tertiary/aromatic N) is 1. The number of anilines is 1. The van der Waals surface area contributed by atoms with Gasteiger partial charge in [-0.1, -0.05) is 32.9 Å². The molecule has 0 radical (unpaired) electrons. The molecule has 2 heteroatoms. The van der Waals surface area contributed by atoms with Crippen LogP contribution in [0.15, 0.2) is 24.3 Å². The summed E-state index contributed by atoms with van der Waals surface area (Å²) in [6.45, 7) is 7.81. The SMILES string of the molecule is CC(C)(C)CCCNc1ccc(CC#N)cc1. The van der Waals surface area contributed by atoms with E-state index < -0.39 is 0 Å². The first-order chi connectivity index (χ1) is 8.01. The zero-order chi connectivity index (χ0) is 12.7. The van der Waals surface area contributed by atoms with Crippen molar-refractivity contribution in [1.29, 1.82) is 5.26 Å². The number of hydrogen-bond donors (Lipinski definition) is 1. The highest BCUT2D eigenvalue weighted by Gasteiger charge is 2.08. The van der Waals surface area contributed by atoms with Gasteiger partial charge in [0.15, 0.2) is 0 Å². The highest BCUT2D eigenvalue weighted by atomic mass is 14.9. The maximum Gasteiger partial charge on any atom is 0.0669 e. The van der Waals surface area contributed by atoms with Crippen molar-refractivity contribution in [3.05, 3.63) is 29.8 Å². The van der Waals surface area contributed by atoms with E-state index in [0.717, 1.165) is 17.8 Å². The van der Waals surface area contributed by atoms with Gasteiger partial charge in [0.1, 0.15) is 0 Å². The number of nitriles is 1. The molecule has 0 aromatic heterocycles. The standard InChI is InChI=1S/C15H22N2/c1-15(2,3)10-4-12-17-14-7-5-13(6-8-14)9-11-16/h5-8,17H,4,9-10,12H2,1-3H3. The molecule has 92 valence electrons. The minimum Gasteiger partial charge on any atom is -0.385 e. The molecule has 0 atom stereocenters. The largest absolute Gasteiger partial charge is 0.385 e. The molecule has 0 aliphatic rings. The van der Waals surface area contributed by atoms with Crippen molar-refractivity contribution in [2.24, 2.45) is 5.41 Å². The van der Waals surface area contributed by atoms with Gasteiger partial charge in [0.05, 0.1) is 12.5 Å². The Labute approximate surface area is 105 Å². The summed E-state index contributed by atoms with van der Waals surface area (Å²) in [7, 11) is 0. The summed E-state index contributed by atoms with van der Waals surface area (Å²) < 4.78 is 0. The van der Waals surface area contributed by atoms with Crippen LogP contribution in [-0.2, 0) is 6.42 Å². The molecule has 0 aliphatic heterocycles. The summed E-state index contributed by atoms with van der Waals surface area (Å²) in [5.74, 6) is 0. The van der Waals surface area contributed by atoms with Gasteiger partial charge >= 0.3 is 0 Å². The third-order valence-electron chi connectivity index (χ3n) is 2.67. The van der Waals surface area contributed by atoms with Crippen LogP contribution in [0.25, 0.3) is 0 Å². The Balaban J connectivity index is 2.30. The second-order valence-electron chi connectivity index (χ2n) is 5.62. The van der Waals surface area contributed by atoms with Gasteiger partial charge in [-0.25, -0.2) is 0 Å². The molecule has 1 rings (SSSR count). The van der Waals surface area contributed by atoms with Gasteiger partial charge in [-0.15, -0.1) is 0 Å². The van der Waals surface area contributed by atoms with Crippen molar-refractivity contribution in [2.75, 3.05) is 11.9 Å². The summed E-state index contributed by atoms with van der Waals surface area (Å²) >= 11 is 0. The molecule has 1 aromatic rings. The van der Waals surface area contributed by atoms with E-state index in [1.165, 1.54) is 12.8 Å². The van der Waals surface area contributed by atoms with Crippen LogP contribution in [0.5, 0.6) is 0 Å². The van der Waals surface area contributed by atoms with E-state index in [2.05, 4.69) is 32.2 Å². The predicted octanol–water partition coefficient (Wildman–Crippen LogP) is 3.99. The quantitative estimate of drug-likeness (QED) is 0.776. The topological polar surface area (TPSA) is 35.8 Å². The molecular weight excluding hydrogens is 208 g/mol. The Morgan fingerprint density at radius 2 is 1.82 bits per heavy atom. The Hall–Kier alpha value is -1.49. The fourth-order valence-electron chi connectivity index (χ4n) is 1.68. The molecule has 0 heterocycles. The van der Waals surface area contributed by atoms with Gasteiger partial charge in [0.25, 0.3) is 0 Å². The van der Waals surface area contributed by atoms with Gasteiger partial charge < -0.3 is 5.32 Å².